The van der Waals surface area contributed by atoms with Crippen LogP contribution in [-0.4, -0.2) is 36.9 Å². The lowest BCUT2D eigenvalue weighted by Gasteiger charge is -2.59. The van der Waals surface area contributed by atoms with E-state index in [2.05, 4.69) is 0 Å². The summed E-state index contributed by atoms with van der Waals surface area (Å²) < 4.78 is 45.1. The number of ether oxygens (including phenoxy) is 3. The van der Waals surface area contributed by atoms with Crippen LogP contribution >= 0.6 is 0 Å². The van der Waals surface area contributed by atoms with Crippen molar-refractivity contribution in [3.8, 4) is 0 Å². The maximum Gasteiger partial charge on any atom is 0.377 e. The maximum atomic E-state index is 14.0. The van der Waals surface area contributed by atoms with Crippen LogP contribution in [-0.2, 0) is 23.8 Å². The quantitative estimate of drug-likeness (QED) is 0.255. The summed E-state index contributed by atoms with van der Waals surface area (Å²) in [6.45, 7) is 1.90. The summed E-state index contributed by atoms with van der Waals surface area (Å²) in [4.78, 5) is 25.5. The van der Waals surface area contributed by atoms with Crippen LogP contribution in [0.25, 0.3) is 0 Å². The van der Waals surface area contributed by atoms with E-state index in [4.69, 9.17) is 14.2 Å². The van der Waals surface area contributed by atoms with Gasteiger partial charge in [-0.25, -0.2) is 4.79 Å². The zero-order valence-corrected chi connectivity index (χ0v) is 20.3. The van der Waals surface area contributed by atoms with Gasteiger partial charge in [-0.05, 0) is 106 Å². The molecule has 2 unspecified atom stereocenters. The van der Waals surface area contributed by atoms with Crippen molar-refractivity contribution >= 4 is 11.9 Å². The smallest absolute Gasteiger partial charge is 0.377 e. The maximum absolute atomic E-state index is 14.0. The van der Waals surface area contributed by atoms with Crippen molar-refractivity contribution in [3.63, 3.8) is 0 Å². The summed E-state index contributed by atoms with van der Waals surface area (Å²) in [5, 5.41) is 0. The van der Waals surface area contributed by atoms with Crippen LogP contribution in [0.15, 0.2) is 0 Å². The van der Waals surface area contributed by atoms with Crippen molar-refractivity contribution in [1.29, 1.82) is 0 Å². The zero-order chi connectivity index (χ0) is 23.8. The fourth-order valence-corrected chi connectivity index (χ4v) is 9.93. The van der Waals surface area contributed by atoms with Gasteiger partial charge in [0, 0.05) is 12.8 Å². The molecule has 8 bridgehead atoms. The molecule has 0 heterocycles. The van der Waals surface area contributed by atoms with Crippen LogP contribution in [0.1, 0.15) is 90.4 Å². The highest BCUT2D eigenvalue weighted by atomic mass is 19.3. The molecule has 0 aromatic rings. The molecular weight excluding hydrogens is 442 g/mol. The molecule has 7 heteroatoms. The largest absolute Gasteiger partial charge is 0.455 e. The van der Waals surface area contributed by atoms with E-state index in [9.17, 15) is 18.4 Å². The molecule has 8 rings (SSSR count). The van der Waals surface area contributed by atoms with E-state index < -0.39 is 29.3 Å². The minimum Gasteiger partial charge on any atom is -0.455 e. The number of carbonyl (C=O) groups excluding carboxylic acids is 2. The lowest BCUT2D eigenvalue weighted by atomic mass is 9.48. The van der Waals surface area contributed by atoms with Crippen molar-refractivity contribution in [2.75, 3.05) is 13.4 Å². The van der Waals surface area contributed by atoms with E-state index >= 15 is 0 Å². The van der Waals surface area contributed by atoms with Crippen LogP contribution in [0.5, 0.6) is 0 Å². The molecule has 8 saturated carbocycles. The van der Waals surface area contributed by atoms with E-state index in [1.165, 1.54) is 45.4 Å². The van der Waals surface area contributed by atoms with Crippen molar-refractivity contribution < 1.29 is 32.6 Å². The lowest BCUT2D eigenvalue weighted by molar-refractivity contribution is -0.230. The van der Waals surface area contributed by atoms with Crippen LogP contribution in [0, 0.1) is 40.4 Å². The number of rotatable bonds is 8. The molecule has 8 aliphatic carbocycles. The summed E-state index contributed by atoms with van der Waals surface area (Å²) in [5.41, 5.74) is -1.43. The minimum absolute atomic E-state index is 0.0433. The summed E-state index contributed by atoms with van der Waals surface area (Å²) >= 11 is 0. The first-order chi connectivity index (χ1) is 16.1. The Morgan fingerprint density at radius 1 is 0.853 bits per heavy atom. The first-order valence-electron chi connectivity index (χ1n) is 13.5. The van der Waals surface area contributed by atoms with Crippen LogP contribution in [0.4, 0.5) is 8.78 Å². The molecule has 0 aromatic heterocycles. The van der Waals surface area contributed by atoms with E-state index in [0.29, 0.717) is 38.7 Å². The molecule has 0 spiro atoms. The fraction of sp³-hybridized carbons (Fsp3) is 0.926. The van der Waals surface area contributed by atoms with E-state index in [0.717, 1.165) is 24.2 Å². The molecule has 190 valence electrons. The van der Waals surface area contributed by atoms with Gasteiger partial charge < -0.3 is 14.2 Å². The number of hydrogen-bond donors (Lipinski definition) is 0. The Labute approximate surface area is 200 Å². The minimum atomic E-state index is -3.48. The molecule has 8 fully saturated rings. The third kappa shape index (κ3) is 3.88. The molecule has 0 saturated heterocycles. The second-order valence-electron chi connectivity index (χ2n) is 13.2. The van der Waals surface area contributed by atoms with Crippen molar-refractivity contribution in [2.45, 2.75) is 102 Å². The van der Waals surface area contributed by atoms with E-state index in [1.807, 2.05) is 0 Å². The number of esters is 2. The van der Waals surface area contributed by atoms with E-state index in [-0.39, 0.29) is 30.0 Å². The predicted molar refractivity (Wildman–Crippen MR) is 119 cm³/mol. The lowest BCUT2D eigenvalue weighted by Crippen LogP contribution is -2.60. The molecule has 5 nitrogen and oxygen atoms in total. The van der Waals surface area contributed by atoms with Crippen LogP contribution in [0.3, 0.4) is 0 Å². The molecule has 0 aliphatic heterocycles. The molecule has 0 amide bonds. The van der Waals surface area contributed by atoms with Gasteiger partial charge in [-0.15, -0.1) is 0 Å². The Morgan fingerprint density at radius 3 is 1.97 bits per heavy atom. The summed E-state index contributed by atoms with van der Waals surface area (Å²) in [5.74, 6) is -2.25. The second-order valence-corrected chi connectivity index (χ2v) is 13.2. The van der Waals surface area contributed by atoms with Gasteiger partial charge in [0.25, 0.3) is 0 Å². The molecule has 0 aromatic carbocycles. The topological polar surface area (TPSA) is 61.8 Å². The van der Waals surface area contributed by atoms with Gasteiger partial charge in [-0.2, -0.15) is 8.78 Å². The monoisotopic (exact) mass is 480 g/mol. The normalized spacial score (nSPS) is 46.0. The Balaban J connectivity index is 1.07. The Bertz CT molecular complexity index is 805. The van der Waals surface area contributed by atoms with Gasteiger partial charge in [0.05, 0.1) is 12.0 Å². The van der Waals surface area contributed by atoms with Gasteiger partial charge in [-0.1, -0.05) is 6.92 Å². The van der Waals surface area contributed by atoms with Crippen LogP contribution < -0.4 is 0 Å². The van der Waals surface area contributed by atoms with E-state index in [1.54, 1.807) is 0 Å². The average Bonchev–Trinajstić information content (AvgIpc) is 2.74. The third-order valence-electron chi connectivity index (χ3n) is 10.3. The van der Waals surface area contributed by atoms with Crippen molar-refractivity contribution in [3.05, 3.63) is 0 Å². The van der Waals surface area contributed by atoms with Crippen molar-refractivity contribution in [2.24, 2.45) is 40.4 Å². The number of halogens is 2. The van der Waals surface area contributed by atoms with Gasteiger partial charge >= 0.3 is 17.9 Å². The van der Waals surface area contributed by atoms with Crippen LogP contribution in [0.2, 0.25) is 0 Å². The molecule has 2 atom stereocenters. The predicted octanol–water partition coefficient (Wildman–Crippen LogP) is 5.65. The third-order valence-corrected chi connectivity index (χ3v) is 10.3. The second kappa shape index (κ2) is 7.88. The SMILES string of the molecule is CCC(F)(F)C(=O)OC12CC3CC(C1)CC(C(=O)OCOCC14CC5CC(CC(C5)C1)C4)(C3)C2. The van der Waals surface area contributed by atoms with Gasteiger partial charge in [0.2, 0.25) is 0 Å². The first kappa shape index (κ1) is 23.2. The molecular formula is C27H38F2O5. The number of hydrogen-bond acceptors (Lipinski definition) is 5. The number of carbonyl (C=O) groups is 2. The van der Waals surface area contributed by atoms with Gasteiger partial charge in [-0.3, -0.25) is 4.79 Å². The summed E-state index contributed by atoms with van der Waals surface area (Å²) in [7, 11) is 0. The Hall–Kier alpha value is -1.24. The first-order valence-corrected chi connectivity index (χ1v) is 13.5. The highest BCUT2D eigenvalue weighted by molar-refractivity contribution is 5.79. The summed E-state index contributed by atoms with van der Waals surface area (Å²) in [6, 6.07) is 0. The highest BCUT2D eigenvalue weighted by Crippen LogP contribution is 2.64. The molecule has 34 heavy (non-hydrogen) atoms. The molecule has 0 radical (unpaired) electrons. The standard InChI is InChI=1S/C27H38F2O5/c1-2-27(28,29)23(31)34-26-12-20-6-21(13-26)11-25(10-20,14-26)22(30)33-16-32-15-24-7-17-3-18(8-24)5-19(4-17)9-24/h17-21H,2-16H2,1H3. The molecule has 8 aliphatic rings. The molecule has 0 N–H and O–H groups in total. The van der Waals surface area contributed by atoms with Crippen molar-refractivity contribution in [1.82, 2.24) is 0 Å². The average molecular weight is 481 g/mol. The van der Waals surface area contributed by atoms with Gasteiger partial charge in [0.15, 0.2) is 6.79 Å². The Morgan fingerprint density at radius 2 is 1.41 bits per heavy atom. The highest BCUT2D eigenvalue weighted by Gasteiger charge is 2.64. The Kier molecular flexibility index (Phi) is 5.37. The van der Waals surface area contributed by atoms with Gasteiger partial charge in [0.1, 0.15) is 5.60 Å². The fourth-order valence-electron chi connectivity index (χ4n) is 9.93. The number of alkyl halides is 2. The zero-order valence-electron chi connectivity index (χ0n) is 20.3. The summed E-state index contributed by atoms with van der Waals surface area (Å²) in [6.07, 6.45) is 11.1.